The number of rotatable bonds is 9. The topological polar surface area (TPSA) is 92.6 Å². The number of benzene rings is 2. The first kappa shape index (κ1) is 23.1. The fourth-order valence-corrected chi connectivity index (χ4v) is 3.15. The summed E-state index contributed by atoms with van der Waals surface area (Å²) in [6, 6.07) is 13.2. The monoisotopic (exact) mass is 411 g/mol. The number of nitrogens with one attached hydrogen (secondary N) is 1. The van der Waals surface area contributed by atoms with Crippen LogP contribution in [0.4, 0.5) is 5.69 Å². The maximum atomic E-state index is 13.2. The molecule has 0 bridgehead atoms. The molecule has 0 spiro atoms. The van der Waals surface area contributed by atoms with Crippen molar-refractivity contribution in [1.82, 2.24) is 10.2 Å². The van der Waals surface area contributed by atoms with Crippen molar-refractivity contribution in [2.24, 2.45) is 5.92 Å². The highest BCUT2D eigenvalue weighted by Gasteiger charge is 2.28. The Bertz CT molecular complexity index is 911. The fraction of sp³-hybridized carbons (Fsp3) is 0.391. The third-order valence-corrected chi connectivity index (χ3v) is 4.82. The lowest BCUT2D eigenvalue weighted by Gasteiger charge is -2.29. The van der Waals surface area contributed by atoms with E-state index in [2.05, 4.69) is 5.32 Å². The Kier molecular flexibility index (Phi) is 8.09. The smallest absolute Gasteiger partial charge is 0.273 e. The number of amides is 2. The second-order valence-corrected chi connectivity index (χ2v) is 7.89. The zero-order valence-corrected chi connectivity index (χ0v) is 17.9. The number of hydrogen-bond donors (Lipinski definition) is 1. The molecule has 1 atom stereocenters. The average Bonchev–Trinajstić information content (AvgIpc) is 2.69. The summed E-state index contributed by atoms with van der Waals surface area (Å²) in [5.74, 6) is -0.292. The zero-order chi connectivity index (χ0) is 22.3. The van der Waals surface area contributed by atoms with Crippen LogP contribution >= 0.6 is 0 Å². The van der Waals surface area contributed by atoms with Crippen molar-refractivity contribution < 1.29 is 14.5 Å². The molecular formula is C23H29N3O4. The maximum Gasteiger partial charge on any atom is 0.273 e. The van der Waals surface area contributed by atoms with E-state index in [9.17, 15) is 19.7 Å². The summed E-state index contributed by atoms with van der Waals surface area (Å²) in [5, 5.41) is 14.2. The van der Waals surface area contributed by atoms with Crippen LogP contribution in [0.25, 0.3) is 0 Å². The number of carbonyl (C=O) groups excluding carboxylic acids is 2. The largest absolute Gasteiger partial charge is 0.354 e. The minimum absolute atomic E-state index is 0.0988. The molecule has 0 aliphatic heterocycles. The van der Waals surface area contributed by atoms with Gasteiger partial charge in [0.15, 0.2) is 0 Å². The van der Waals surface area contributed by atoms with Crippen LogP contribution in [-0.4, -0.2) is 34.2 Å². The zero-order valence-electron chi connectivity index (χ0n) is 17.9. The Morgan fingerprint density at radius 3 is 2.43 bits per heavy atom. The van der Waals surface area contributed by atoms with Gasteiger partial charge < -0.3 is 10.2 Å². The normalized spacial score (nSPS) is 11.8. The quantitative estimate of drug-likeness (QED) is 0.504. The number of carbonyl (C=O) groups is 2. The van der Waals surface area contributed by atoms with E-state index in [1.807, 2.05) is 45.0 Å². The van der Waals surface area contributed by atoms with Crippen molar-refractivity contribution in [2.75, 3.05) is 6.54 Å². The number of nitrogens with zero attached hydrogens (tertiary/aromatic N) is 2. The molecule has 0 aliphatic rings. The molecule has 0 aromatic heterocycles. The van der Waals surface area contributed by atoms with Crippen LogP contribution in [0, 0.1) is 23.0 Å². The van der Waals surface area contributed by atoms with Gasteiger partial charge in [-0.2, -0.15) is 0 Å². The summed E-state index contributed by atoms with van der Waals surface area (Å²) in [7, 11) is 0. The van der Waals surface area contributed by atoms with Crippen molar-refractivity contribution in [1.29, 1.82) is 0 Å². The lowest BCUT2D eigenvalue weighted by Crippen LogP contribution is -2.48. The van der Waals surface area contributed by atoms with Gasteiger partial charge in [-0.15, -0.1) is 0 Å². The first-order valence-corrected chi connectivity index (χ1v) is 10.0. The van der Waals surface area contributed by atoms with Crippen LogP contribution in [0.3, 0.4) is 0 Å². The van der Waals surface area contributed by atoms with Gasteiger partial charge in [0, 0.05) is 24.7 Å². The summed E-state index contributed by atoms with van der Waals surface area (Å²) in [6.07, 6.45) is -0.148. The molecule has 0 heterocycles. The third kappa shape index (κ3) is 6.40. The highest BCUT2D eigenvalue weighted by molar-refractivity contribution is 5.88. The van der Waals surface area contributed by atoms with E-state index in [-0.39, 0.29) is 36.4 Å². The number of nitro benzene ring substituents is 1. The summed E-state index contributed by atoms with van der Waals surface area (Å²) in [4.78, 5) is 38.2. The van der Waals surface area contributed by atoms with Gasteiger partial charge in [-0.1, -0.05) is 61.9 Å². The van der Waals surface area contributed by atoms with Gasteiger partial charge in [0.05, 0.1) is 11.3 Å². The molecule has 0 aliphatic carbocycles. The van der Waals surface area contributed by atoms with Gasteiger partial charge in [0.25, 0.3) is 5.69 Å². The molecule has 2 aromatic carbocycles. The number of para-hydroxylation sites is 1. The van der Waals surface area contributed by atoms with Gasteiger partial charge in [0.2, 0.25) is 11.8 Å². The number of aryl methyl sites for hydroxylation is 1. The van der Waals surface area contributed by atoms with Gasteiger partial charge >= 0.3 is 0 Å². The summed E-state index contributed by atoms with van der Waals surface area (Å²) in [5.41, 5.74) is 2.18. The van der Waals surface area contributed by atoms with E-state index in [4.69, 9.17) is 0 Å². The van der Waals surface area contributed by atoms with Gasteiger partial charge in [-0.3, -0.25) is 19.7 Å². The van der Waals surface area contributed by atoms with E-state index in [0.717, 1.165) is 11.1 Å². The van der Waals surface area contributed by atoms with Crippen LogP contribution in [0.5, 0.6) is 0 Å². The highest BCUT2D eigenvalue weighted by atomic mass is 16.6. The molecule has 0 saturated heterocycles. The summed E-state index contributed by atoms with van der Waals surface area (Å²) >= 11 is 0. The standard InChI is InChI=1S/C23H29N3O4/c1-16(2)14-24-23(28)18(4)25(15-19-9-7-8-17(3)12-19)22(27)13-20-10-5-6-11-21(20)26(29)30/h5-12,16,18H,13-15H2,1-4H3,(H,24,28). The van der Waals surface area contributed by atoms with Crippen molar-refractivity contribution >= 4 is 17.5 Å². The van der Waals surface area contributed by atoms with Crippen LogP contribution in [0.2, 0.25) is 0 Å². The molecule has 1 unspecified atom stereocenters. The van der Waals surface area contributed by atoms with E-state index < -0.39 is 11.0 Å². The predicted octanol–water partition coefficient (Wildman–Crippen LogP) is 3.64. The number of nitro groups is 1. The lowest BCUT2D eigenvalue weighted by atomic mass is 10.1. The molecule has 0 saturated carbocycles. The average molecular weight is 412 g/mol. The van der Waals surface area contributed by atoms with E-state index in [0.29, 0.717) is 12.1 Å². The summed E-state index contributed by atoms with van der Waals surface area (Å²) < 4.78 is 0. The SMILES string of the molecule is Cc1cccc(CN(C(=O)Cc2ccccc2[N+](=O)[O-])C(C)C(=O)NCC(C)C)c1. The highest BCUT2D eigenvalue weighted by Crippen LogP contribution is 2.20. The molecular weight excluding hydrogens is 382 g/mol. The first-order valence-electron chi connectivity index (χ1n) is 10.0. The Morgan fingerprint density at radius 2 is 1.80 bits per heavy atom. The van der Waals surface area contributed by atoms with Crippen LogP contribution in [-0.2, 0) is 22.6 Å². The Morgan fingerprint density at radius 1 is 1.10 bits per heavy atom. The molecule has 2 rings (SSSR count). The first-order chi connectivity index (χ1) is 14.2. The third-order valence-electron chi connectivity index (χ3n) is 4.82. The predicted molar refractivity (Wildman–Crippen MR) is 116 cm³/mol. The molecule has 160 valence electrons. The Balaban J connectivity index is 2.28. The minimum Gasteiger partial charge on any atom is -0.354 e. The van der Waals surface area contributed by atoms with Crippen molar-refractivity contribution in [3.63, 3.8) is 0 Å². The molecule has 0 fully saturated rings. The maximum absolute atomic E-state index is 13.2. The van der Waals surface area contributed by atoms with Gasteiger partial charge in [-0.05, 0) is 25.3 Å². The van der Waals surface area contributed by atoms with E-state index in [1.165, 1.54) is 11.0 Å². The molecule has 7 heteroatoms. The van der Waals surface area contributed by atoms with E-state index >= 15 is 0 Å². The molecule has 2 aromatic rings. The molecule has 1 N–H and O–H groups in total. The second kappa shape index (κ2) is 10.5. The van der Waals surface area contributed by atoms with Crippen LogP contribution in [0.15, 0.2) is 48.5 Å². The van der Waals surface area contributed by atoms with E-state index in [1.54, 1.807) is 25.1 Å². The van der Waals surface area contributed by atoms with Gasteiger partial charge in [0.1, 0.15) is 6.04 Å². The second-order valence-electron chi connectivity index (χ2n) is 7.89. The number of hydrogen-bond acceptors (Lipinski definition) is 4. The van der Waals surface area contributed by atoms with Crippen molar-refractivity contribution in [2.45, 2.75) is 46.7 Å². The molecule has 2 amide bonds. The van der Waals surface area contributed by atoms with Crippen LogP contribution in [0.1, 0.15) is 37.5 Å². The molecule has 30 heavy (non-hydrogen) atoms. The van der Waals surface area contributed by atoms with Crippen molar-refractivity contribution in [3.8, 4) is 0 Å². The Labute approximate surface area is 177 Å². The lowest BCUT2D eigenvalue weighted by molar-refractivity contribution is -0.385. The molecule has 0 radical (unpaired) electrons. The fourth-order valence-electron chi connectivity index (χ4n) is 3.15. The molecule has 7 nitrogen and oxygen atoms in total. The Hall–Kier alpha value is -3.22. The van der Waals surface area contributed by atoms with Crippen molar-refractivity contribution in [3.05, 3.63) is 75.3 Å². The van der Waals surface area contributed by atoms with Gasteiger partial charge in [-0.25, -0.2) is 0 Å². The minimum atomic E-state index is -0.709. The summed E-state index contributed by atoms with van der Waals surface area (Å²) in [6.45, 7) is 8.39. The van der Waals surface area contributed by atoms with Crippen LogP contribution < -0.4 is 5.32 Å².